The number of alkyl halides is 3. The highest BCUT2D eigenvalue weighted by Crippen LogP contribution is 2.24. The molecule has 1 saturated heterocycles. The molecule has 60 valence electrons. The van der Waals surface area contributed by atoms with Crippen molar-refractivity contribution >= 4 is 0 Å². The predicted molar refractivity (Wildman–Crippen MR) is 26.4 cm³/mol. The van der Waals surface area contributed by atoms with E-state index in [1.807, 2.05) is 0 Å². The van der Waals surface area contributed by atoms with E-state index >= 15 is 0 Å². The average Bonchev–Trinajstić information content (AvgIpc) is 2.12. The summed E-state index contributed by atoms with van der Waals surface area (Å²) in [6, 6.07) is 0. The molecule has 0 aromatic rings. The maximum absolute atomic E-state index is 11.5. The van der Waals surface area contributed by atoms with E-state index in [1.54, 1.807) is 0 Å². The molecular formula is C5H7F3O2. The monoisotopic (exact) mass is 156 g/mol. The minimum atomic E-state index is -4.19. The molecule has 1 aliphatic heterocycles. The van der Waals surface area contributed by atoms with Gasteiger partial charge in [0, 0.05) is 0 Å². The van der Waals surface area contributed by atoms with Gasteiger partial charge in [-0.2, -0.15) is 13.2 Å². The molecule has 1 rings (SSSR count). The predicted octanol–water partition coefficient (Wildman–Crippen LogP) is 1.31. The van der Waals surface area contributed by atoms with Gasteiger partial charge in [-0.1, -0.05) is 0 Å². The van der Waals surface area contributed by atoms with Gasteiger partial charge in [0.25, 0.3) is 0 Å². The molecule has 0 saturated carbocycles. The Bertz CT molecular complexity index is 106. The summed E-state index contributed by atoms with van der Waals surface area (Å²) in [4.78, 5) is 0. The van der Waals surface area contributed by atoms with Crippen molar-refractivity contribution in [2.24, 2.45) is 0 Å². The van der Waals surface area contributed by atoms with Crippen LogP contribution in [0.4, 0.5) is 13.2 Å². The summed E-state index contributed by atoms with van der Waals surface area (Å²) in [6.45, 7) is 0.529. The number of hydrogen-bond acceptors (Lipinski definition) is 2. The molecule has 2 nitrogen and oxygen atoms in total. The lowest BCUT2D eigenvalue weighted by Gasteiger charge is -2.10. The Labute approximate surface area is 55.9 Å². The fourth-order valence-corrected chi connectivity index (χ4v) is 0.714. The lowest BCUT2D eigenvalue weighted by atomic mass is 10.4. The third-order valence-electron chi connectivity index (χ3n) is 1.09. The van der Waals surface area contributed by atoms with Crippen LogP contribution < -0.4 is 0 Å². The Morgan fingerprint density at radius 2 is 1.70 bits per heavy atom. The normalized spacial score (nSPS) is 21.9. The Morgan fingerprint density at radius 1 is 1.20 bits per heavy atom. The van der Waals surface area contributed by atoms with Crippen molar-refractivity contribution in [1.82, 2.24) is 0 Å². The van der Waals surface area contributed by atoms with Gasteiger partial charge in [-0.15, -0.1) is 0 Å². The van der Waals surface area contributed by atoms with Crippen molar-refractivity contribution in [1.29, 1.82) is 0 Å². The highest BCUT2D eigenvalue weighted by Gasteiger charge is 2.34. The van der Waals surface area contributed by atoms with Crippen molar-refractivity contribution in [3.8, 4) is 0 Å². The molecule has 0 aromatic heterocycles. The fourth-order valence-electron chi connectivity index (χ4n) is 0.714. The van der Waals surface area contributed by atoms with E-state index < -0.39 is 18.9 Å². The maximum Gasteiger partial charge on any atom is 0.393 e. The lowest BCUT2D eigenvalue weighted by Crippen LogP contribution is -2.19. The highest BCUT2D eigenvalue weighted by molar-refractivity contribution is 4.58. The summed E-state index contributed by atoms with van der Waals surface area (Å²) < 4.78 is 43.8. The van der Waals surface area contributed by atoms with Crippen LogP contribution in [-0.2, 0) is 9.47 Å². The Hall–Kier alpha value is -0.290. The first-order chi connectivity index (χ1) is 4.58. The molecule has 0 amide bonds. The van der Waals surface area contributed by atoms with Crippen LogP contribution in [0.1, 0.15) is 6.42 Å². The lowest BCUT2D eigenvalue weighted by molar-refractivity contribution is -0.187. The smallest absolute Gasteiger partial charge is 0.350 e. The highest BCUT2D eigenvalue weighted by atomic mass is 19.4. The van der Waals surface area contributed by atoms with E-state index in [-0.39, 0.29) is 13.2 Å². The van der Waals surface area contributed by atoms with E-state index in [1.165, 1.54) is 0 Å². The van der Waals surface area contributed by atoms with Crippen molar-refractivity contribution in [3.05, 3.63) is 0 Å². The van der Waals surface area contributed by atoms with E-state index in [0.717, 1.165) is 0 Å². The zero-order valence-electron chi connectivity index (χ0n) is 5.15. The van der Waals surface area contributed by atoms with Crippen LogP contribution in [0, 0.1) is 0 Å². The SMILES string of the molecule is FC(F)(F)CC1OCCO1. The molecule has 0 unspecified atom stereocenters. The summed E-state index contributed by atoms with van der Waals surface area (Å²) in [5.41, 5.74) is 0. The molecule has 5 heteroatoms. The maximum atomic E-state index is 11.5. The van der Waals surface area contributed by atoms with Crippen LogP contribution >= 0.6 is 0 Å². The third kappa shape index (κ3) is 2.53. The van der Waals surface area contributed by atoms with Gasteiger partial charge in [0.05, 0.1) is 19.6 Å². The molecule has 0 aliphatic carbocycles. The summed E-state index contributed by atoms with van der Waals surface area (Å²) in [7, 11) is 0. The quantitative estimate of drug-likeness (QED) is 0.569. The van der Waals surface area contributed by atoms with Gasteiger partial charge < -0.3 is 9.47 Å². The van der Waals surface area contributed by atoms with Crippen LogP contribution in [0.2, 0.25) is 0 Å². The minimum absolute atomic E-state index is 0.265. The second-order valence-electron chi connectivity index (χ2n) is 1.99. The molecule has 0 aromatic carbocycles. The molecule has 0 N–H and O–H groups in total. The van der Waals surface area contributed by atoms with Crippen molar-refractivity contribution in [3.63, 3.8) is 0 Å². The standard InChI is InChI=1S/C5H7F3O2/c6-5(7,8)3-4-9-1-2-10-4/h4H,1-3H2. The molecule has 1 fully saturated rings. The first-order valence-electron chi connectivity index (χ1n) is 2.88. The Morgan fingerprint density at radius 3 is 2.10 bits per heavy atom. The van der Waals surface area contributed by atoms with Crippen LogP contribution in [-0.4, -0.2) is 25.7 Å². The summed E-state index contributed by atoms with van der Waals surface area (Å²) >= 11 is 0. The Balaban J connectivity index is 2.24. The zero-order chi connectivity index (χ0) is 7.61. The average molecular weight is 156 g/mol. The molecule has 0 spiro atoms. The van der Waals surface area contributed by atoms with Crippen molar-refractivity contribution < 1.29 is 22.6 Å². The molecule has 10 heavy (non-hydrogen) atoms. The van der Waals surface area contributed by atoms with Crippen LogP contribution in [0.3, 0.4) is 0 Å². The van der Waals surface area contributed by atoms with E-state index in [2.05, 4.69) is 9.47 Å². The minimum Gasteiger partial charge on any atom is -0.350 e. The van der Waals surface area contributed by atoms with Gasteiger partial charge in [0.15, 0.2) is 6.29 Å². The number of rotatable bonds is 1. The Kier molecular flexibility index (Phi) is 2.15. The van der Waals surface area contributed by atoms with Crippen molar-refractivity contribution in [2.75, 3.05) is 13.2 Å². The van der Waals surface area contributed by atoms with Gasteiger partial charge in [-0.3, -0.25) is 0 Å². The van der Waals surface area contributed by atoms with Crippen LogP contribution in [0.15, 0.2) is 0 Å². The van der Waals surface area contributed by atoms with Gasteiger partial charge in [-0.25, -0.2) is 0 Å². The fraction of sp³-hybridized carbons (Fsp3) is 1.00. The summed E-state index contributed by atoms with van der Waals surface area (Å²) in [6.07, 6.45) is -6.26. The first-order valence-corrected chi connectivity index (χ1v) is 2.88. The third-order valence-corrected chi connectivity index (χ3v) is 1.09. The number of halogens is 3. The van der Waals surface area contributed by atoms with E-state index in [0.29, 0.717) is 0 Å². The first kappa shape index (κ1) is 7.81. The largest absolute Gasteiger partial charge is 0.393 e. The van der Waals surface area contributed by atoms with E-state index in [4.69, 9.17) is 0 Å². The molecule has 0 atom stereocenters. The molecule has 0 radical (unpaired) electrons. The number of hydrogen-bond donors (Lipinski definition) is 0. The molecule has 0 bridgehead atoms. The molecule has 1 aliphatic rings. The van der Waals surface area contributed by atoms with Crippen LogP contribution in [0.25, 0.3) is 0 Å². The summed E-state index contributed by atoms with van der Waals surface area (Å²) in [5, 5.41) is 0. The number of ether oxygens (including phenoxy) is 2. The van der Waals surface area contributed by atoms with Gasteiger partial charge >= 0.3 is 6.18 Å². The van der Waals surface area contributed by atoms with E-state index in [9.17, 15) is 13.2 Å². The van der Waals surface area contributed by atoms with Gasteiger partial charge in [0.1, 0.15) is 0 Å². The van der Waals surface area contributed by atoms with Crippen molar-refractivity contribution in [2.45, 2.75) is 18.9 Å². The van der Waals surface area contributed by atoms with Gasteiger partial charge in [0.2, 0.25) is 0 Å². The zero-order valence-corrected chi connectivity index (χ0v) is 5.15. The second-order valence-corrected chi connectivity index (χ2v) is 1.99. The van der Waals surface area contributed by atoms with Crippen LogP contribution in [0.5, 0.6) is 0 Å². The molecular weight excluding hydrogens is 149 g/mol. The van der Waals surface area contributed by atoms with Gasteiger partial charge in [-0.05, 0) is 0 Å². The topological polar surface area (TPSA) is 18.5 Å². The molecule has 1 heterocycles. The second kappa shape index (κ2) is 2.75. The summed E-state index contributed by atoms with van der Waals surface area (Å²) in [5.74, 6) is 0.